The molecule has 2 bridgehead atoms. The average molecular weight is 394 g/mol. The molecular formula is C16H20ClN7O3. The van der Waals surface area contributed by atoms with Crippen LogP contribution < -0.4 is 10.6 Å². The highest BCUT2D eigenvalue weighted by atomic mass is 35.5. The van der Waals surface area contributed by atoms with Gasteiger partial charge in [0, 0.05) is 30.3 Å². The number of carboxylic acid groups (broad SMARTS) is 1. The van der Waals surface area contributed by atoms with E-state index in [-0.39, 0.29) is 29.9 Å². The lowest BCUT2D eigenvalue weighted by Gasteiger charge is -2.37. The molecule has 4 heterocycles. The van der Waals surface area contributed by atoms with Crippen LogP contribution in [0.15, 0.2) is 12.1 Å². The summed E-state index contributed by atoms with van der Waals surface area (Å²) in [6.45, 7) is -0.136. The third-order valence-electron chi connectivity index (χ3n) is 5.04. The molecule has 0 radical (unpaired) electrons. The maximum absolute atomic E-state index is 11.4. The smallest absolute Gasteiger partial charge is 0.407 e. The number of aromatic amines is 1. The Morgan fingerprint density at radius 1 is 1.26 bits per heavy atom. The Kier molecular flexibility index (Phi) is 4.75. The van der Waals surface area contributed by atoms with Gasteiger partial charge in [0.15, 0.2) is 5.82 Å². The zero-order valence-corrected chi connectivity index (χ0v) is 15.1. The van der Waals surface area contributed by atoms with Crippen molar-refractivity contribution in [2.45, 2.75) is 50.4 Å². The van der Waals surface area contributed by atoms with Gasteiger partial charge in [-0.15, -0.1) is 0 Å². The zero-order valence-electron chi connectivity index (χ0n) is 14.4. The Labute approximate surface area is 160 Å². The van der Waals surface area contributed by atoms with Gasteiger partial charge in [0.05, 0.1) is 12.3 Å². The van der Waals surface area contributed by atoms with Crippen LogP contribution in [-0.4, -0.2) is 59.5 Å². The number of hydrogen-bond donors (Lipinski definition) is 5. The molecule has 2 aromatic heterocycles. The molecule has 11 heteroatoms. The second kappa shape index (κ2) is 7.20. The second-order valence-electron chi connectivity index (χ2n) is 6.85. The quantitative estimate of drug-likeness (QED) is 0.487. The predicted molar refractivity (Wildman–Crippen MR) is 98.2 cm³/mol. The first kappa shape index (κ1) is 17.8. The summed E-state index contributed by atoms with van der Waals surface area (Å²) < 4.78 is 0. The molecule has 0 spiro atoms. The highest BCUT2D eigenvalue weighted by Gasteiger charge is 2.43. The van der Waals surface area contributed by atoms with E-state index in [1.54, 1.807) is 17.0 Å². The number of rotatable bonds is 5. The van der Waals surface area contributed by atoms with E-state index in [4.69, 9.17) is 16.7 Å². The van der Waals surface area contributed by atoms with Gasteiger partial charge in [-0.05, 0) is 25.7 Å². The van der Waals surface area contributed by atoms with E-state index in [1.165, 1.54) is 0 Å². The van der Waals surface area contributed by atoms with E-state index in [2.05, 4.69) is 30.8 Å². The Morgan fingerprint density at radius 2 is 2.00 bits per heavy atom. The number of nitrogens with one attached hydrogen (secondary N) is 3. The highest BCUT2D eigenvalue weighted by Crippen LogP contribution is 2.36. The molecule has 3 atom stereocenters. The fourth-order valence-electron chi connectivity index (χ4n) is 3.97. The second-order valence-corrected chi connectivity index (χ2v) is 7.24. The van der Waals surface area contributed by atoms with Crippen LogP contribution in [0.25, 0.3) is 0 Å². The summed E-state index contributed by atoms with van der Waals surface area (Å²) in [7, 11) is 0. The molecule has 2 aliphatic heterocycles. The molecule has 5 N–H and O–H groups in total. The van der Waals surface area contributed by atoms with E-state index in [0.717, 1.165) is 25.7 Å². The minimum Gasteiger partial charge on any atom is -0.465 e. The van der Waals surface area contributed by atoms with Crippen molar-refractivity contribution in [2.75, 3.05) is 10.6 Å². The van der Waals surface area contributed by atoms with Crippen LogP contribution in [0.5, 0.6) is 0 Å². The third-order valence-corrected chi connectivity index (χ3v) is 5.23. The number of aliphatic hydroxyl groups excluding tert-OH is 1. The minimum atomic E-state index is -0.840. The van der Waals surface area contributed by atoms with Crippen LogP contribution in [0, 0.1) is 0 Å². The first-order chi connectivity index (χ1) is 13.0. The number of fused-ring (bicyclic) bond motifs is 2. The topological polar surface area (TPSA) is 139 Å². The molecule has 2 fully saturated rings. The number of aliphatic hydroxyl groups is 1. The molecule has 2 aromatic rings. The normalized spacial score (nSPS) is 24.1. The van der Waals surface area contributed by atoms with Crippen molar-refractivity contribution in [3.8, 4) is 0 Å². The number of anilines is 3. The summed E-state index contributed by atoms with van der Waals surface area (Å²) in [6, 6.07) is 3.42. The molecule has 2 saturated heterocycles. The van der Waals surface area contributed by atoms with Gasteiger partial charge in [-0.1, -0.05) is 11.6 Å². The monoisotopic (exact) mass is 393 g/mol. The first-order valence-corrected chi connectivity index (χ1v) is 9.14. The van der Waals surface area contributed by atoms with E-state index in [9.17, 15) is 9.90 Å². The number of halogens is 1. The Morgan fingerprint density at radius 3 is 2.63 bits per heavy atom. The molecule has 27 heavy (non-hydrogen) atoms. The van der Waals surface area contributed by atoms with Crippen LogP contribution in [0.4, 0.5) is 22.4 Å². The third kappa shape index (κ3) is 3.76. The lowest BCUT2D eigenvalue weighted by atomic mass is 9.98. The number of amides is 1. The molecule has 1 amide bonds. The molecule has 4 rings (SSSR count). The van der Waals surface area contributed by atoms with Crippen LogP contribution in [0.3, 0.4) is 0 Å². The number of aromatic nitrogens is 4. The van der Waals surface area contributed by atoms with Gasteiger partial charge in [-0.2, -0.15) is 10.1 Å². The van der Waals surface area contributed by atoms with Crippen molar-refractivity contribution < 1.29 is 15.0 Å². The predicted octanol–water partition coefficient (Wildman–Crippen LogP) is 2.17. The number of nitrogens with zero attached hydrogens (tertiary/aromatic N) is 4. The molecular weight excluding hydrogens is 374 g/mol. The van der Waals surface area contributed by atoms with Crippen molar-refractivity contribution in [1.82, 2.24) is 25.1 Å². The van der Waals surface area contributed by atoms with Gasteiger partial charge in [-0.3, -0.25) is 5.10 Å². The number of carbonyl (C=O) groups is 1. The first-order valence-electron chi connectivity index (χ1n) is 8.76. The Hall–Kier alpha value is -2.59. The van der Waals surface area contributed by atoms with Crippen molar-refractivity contribution in [3.05, 3.63) is 23.0 Å². The van der Waals surface area contributed by atoms with E-state index in [0.29, 0.717) is 23.3 Å². The molecule has 2 aliphatic rings. The molecule has 0 unspecified atom stereocenters. The summed E-state index contributed by atoms with van der Waals surface area (Å²) in [6.07, 6.45) is 2.39. The molecule has 10 nitrogen and oxygen atoms in total. The van der Waals surface area contributed by atoms with Crippen molar-refractivity contribution >= 4 is 35.3 Å². The van der Waals surface area contributed by atoms with Crippen LogP contribution >= 0.6 is 11.6 Å². The molecule has 144 valence electrons. The van der Waals surface area contributed by atoms with E-state index in [1.807, 2.05) is 0 Å². The van der Waals surface area contributed by atoms with Crippen LogP contribution in [0.2, 0.25) is 5.15 Å². The van der Waals surface area contributed by atoms with Crippen molar-refractivity contribution in [3.63, 3.8) is 0 Å². The number of H-pyrrole nitrogens is 1. The SMILES string of the molecule is O=C(O)N1[C@@H]2CC[C@H]1C[C@@H](Nc1nc(Cl)cc(Nc3cc(CO)[nH]n3)n1)C2. The fourth-order valence-corrected chi connectivity index (χ4v) is 4.16. The van der Waals surface area contributed by atoms with Crippen molar-refractivity contribution in [1.29, 1.82) is 0 Å². The minimum absolute atomic E-state index is 0.0384. The van der Waals surface area contributed by atoms with Crippen LogP contribution in [-0.2, 0) is 6.61 Å². The van der Waals surface area contributed by atoms with Gasteiger partial charge >= 0.3 is 6.09 Å². The van der Waals surface area contributed by atoms with Gasteiger partial charge in [0.25, 0.3) is 0 Å². The van der Waals surface area contributed by atoms with Crippen LogP contribution in [0.1, 0.15) is 31.4 Å². The lowest BCUT2D eigenvalue weighted by molar-refractivity contribution is 0.0993. The fraction of sp³-hybridized carbons (Fsp3) is 0.500. The Bertz CT molecular complexity index is 831. The maximum Gasteiger partial charge on any atom is 0.407 e. The largest absolute Gasteiger partial charge is 0.465 e. The summed E-state index contributed by atoms with van der Waals surface area (Å²) >= 11 is 6.12. The highest BCUT2D eigenvalue weighted by molar-refractivity contribution is 6.29. The van der Waals surface area contributed by atoms with Gasteiger partial charge in [0.2, 0.25) is 5.95 Å². The summed E-state index contributed by atoms with van der Waals surface area (Å²) in [4.78, 5) is 21.6. The average Bonchev–Trinajstić information content (AvgIpc) is 3.16. The van der Waals surface area contributed by atoms with E-state index >= 15 is 0 Å². The molecule has 0 aromatic carbocycles. The van der Waals surface area contributed by atoms with Gasteiger partial charge < -0.3 is 25.7 Å². The van der Waals surface area contributed by atoms with Gasteiger partial charge in [0.1, 0.15) is 11.0 Å². The summed E-state index contributed by atoms with van der Waals surface area (Å²) in [5, 5.41) is 31.8. The van der Waals surface area contributed by atoms with Gasteiger partial charge in [-0.25, -0.2) is 9.78 Å². The maximum atomic E-state index is 11.4. The molecule has 0 saturated carbocycles. The standard InChI is InChI=1S/C16H20ClN7O3/c17-12-6-13(20-14-5-9(7-25)22-23-14)21-15(19-12)18-8-3-10-1-2-11(4-8)24(10)16(26)27/h5-6,8,10-11,25H,1-4,7H2,(H,26,27)(H3,18,19,20,21,22,23)/t8-,10+,11-. The Balaban J connectivity index is 1.45. The zero-order chi connectivity index (χ0) is 19.0. The summed E-state index contributed by atoms with van der Waals surface area (Å²) in [5.41, 5.74) is 0.580. The summed E-state index contributed by atoms with van der Waals surface area (Å²) in [5.74, 6) is 1.36. The number of piperidine rings is 1. The van der Waals surface area contributed by atoms with E-state index < -0.39 is 6.09 Å². The lowest BCUT2D eigenvalue weighted by Crippen LogP contribution is -2.49. The van der Waals surface area contributed by atoms with Crippen molar-refractivity contribution in [2.24, 2.45) is 0 Å². The number of hydrogen-bond acceptors (Lipinski definition) is 7. The molecule has 0 aliphatic carbocycles.